The van der Waals surface area contributed by atoms with Gasteiger partial charge >= 0.3 is 0 Å². The van der Waals surface area contributed by atoms with Gasteiger partial charge < -0.3 is 10.5 Å². The summed E-state index contributed by atoms with van der Waals surface area (Å²) in [5.74, 6) is -1.44. The van der Waals surface area contributed by atoms with Crippen LogP contribution in [0.4, 0.5) is 8.78 Å². The van der Waals surface area contributed by atoms with Crippen LogP contribution in [0.1, 0.15) is 31.2 Å². The highest BCUT2D eigenvalue weighted by Gasteiger charge is 2.19. The Kier molecular flexibility index (Phi) is 4.11. The van der Waals surface area contributed by atoms with E-state index < -0.39 is 11.6 Å². The van der Waals surface area contributed by atoms with Crippen LogP contribution in [0.15, 0.2) is 12.1 Å². The molecule has 0 aliphatic heterocycles. The van der Waals surface area contributed by atoms with E-state index in [1.54, 1.807) is 0 Å². The topological polar surface area (TPSA) is 35.2 Å². The molecule has 0 atom stereocenters. The van der Waals surface area contributed by atoms with Crippen molar-refractivity contribution in [2.75, 3.05) is 6.61 Å². The predicted octanol–water partition coefficient (Wildman–Crippen LogP) is 3.17. The van der Waals surface area contributed by atoms with Gasteiger partial charge in [0.2, 0.25) is 0 Å². The number of hydrogen-bond acceptors (Lipinski definition) is 2. The summed E-state index contributed by atoms with van der Waals surface area (Å²) >= 11 is 4.68. The zero-order valence-electron chi connectivity index (χ0n) is 9.92. The second-order valence-corrected chi connectivity index (χ2v) is 5.03. The van der Waals surface area contributed by atoms with Crippen molar-refractivity contribution in [3.8, 4) is 5.75 Å². The quantitative estimate of drug-likeness (QED) is 0.854. The van der Waals surface area contributed by atoms with E-state index in [1.807, 2.05) is 0 Å². The molecule has 1 aliphatic carbocycles. The summed E-state index contributed by atoms with van der Waals surface area (Å²) in [6, 6.07) is 2.21. The first-order valence-electron chi connectivity index (χ1n) is 5.99. The van der Waals surface area contributed by atoms with Gasteiger partial charge in [0.25, 0.3) is 0 Å². The third-order valence-corrected chi connectivity index (χ3v) is 3.46. The average Bonchev–Trinajstić information content (AvgIpc) is 2.80. The van der Waals surface area contributed by atoms with E-state index in [1.165, 1.54) is 12.8 Å². The van der Waals surface area contributed by atoms with E-state index in [0.29, 0.717) is 12.5 Å². The lowest BCUT2D eigenvalue weighted by molar-refractivity contribution is 0.231. The molecule has 0 spiro atoms. The minimum absolute atomic E-state index is 0.0323. The van der Waals surface area contributed by atoms with Crippen molar-refractivity contribution in [3.05, 3.63) is 29.3 Å². The molecule has 0 bridgehead atoms. The first-order valence-corrected chi connectivity index (χ1v) is 6.40. The van der Waals surface area contributed by atoms with Gasteiger partial charge in [-0.2, -0.15) is 0 Å². The van der Waals surface area contributed by atoms with Crippen LogP contribution in [-0.2, 0) is 0 Å². The SMILES string of the molecule is NC(=S)c1cc(F)c(OCC2CCCC2)c(F)c1. The van der Waals surface area contributed by atoms with Gasteiger partial charge in [0.1, 0.15) is 4.99 Å². The van der Waals surface area contributed by atoms with Gasteiger partial charge in [-0.1, -0.05) is 25.1 Å². The normalized spacial score (nSPS) is 15.9. The van der Waals surface area contributed by atoms with E-state index in [0.717, 1.165) is 25.0 Å². The fourth-order valence-corrected chi connectivity index (χ4v) is 2.34. The van der Waals surface area contributed by atoms with E-state index in [2.05, 4.69) is 12.2 Å². The Morgan fingerprint density at radius 1 is 1.28 bits per heavy atom. The number of benzene rings is 1. The summed E-state index contributed by atoms with van der Waals surface area (Å²) in [5, 5.41) is 0. The Morgan fingerprint density at radius 2 is 1.83 bits per heavy atom. The molecule has 0 heterocycles. The van der Waals surface area contributed by atoms with E-state index >= 15 is 0 Å². The number of ether oxygens (including phenoxy) is 1. The zero-order chi connectivity index (χ0) is 13.1. The minimum Gasteiger partial charge on any atom is -0.487 e. The van der Waals surface area contributed by atoms with Crippen LogP contribution in [-0.4, -0.2) is 11.6 Å². The van der Waals surface area contributed by atoms with Crippen molar-refractivity contribution < 1.29 is 13.5 Å². The second kappa shape index (κ2) is 5.61. The molecule has 2 N–H and O–H groups in total. The van der Waals surface area contributed by atoms with Crippen molar-refractivity contribution in [2.24, 2.45) is 11.7 Å². The van der Waals surface area contributed by atoms with Crippen molar-refractivity contribution in [3.63, 3.8) is 0 Å². The number of rotatable bonds is 4. The molecule has 1 aliphatic rings. The van der Waals surface area contributed by atoms with Gasteiger partial charge in [-0.15, -0.1) is 0 Å². The molecule has 0 unspecified atom stereocenters. The molecular weight excluding hydrogens is 256 g/mol. The maximum atomic E-state index is 13.7. The fourth-order valence-electron chi connectivity index (χ4n) is 2.22. The maximum Gasteiger partial charge on any atom is 0.190 e. The highest BCUT2D eigenvalue weighted by Crippen LogP contribution is 2.28. The molecule has 18 heavy (non-hydrogen) atoms. The summed E-state index contributed by atoms with van der Waals surface area (Å²) in [4.78, 5) is -0.0323. The summed E-state index contributed by atoms with van der Waals surface area (Å²) in [6.45, 7) is 0.361. The Labute approximate surface area is 110 Å². The smallest absolute Gasteiger partial charge is 0.190 e. The predicted molar refractivity (Wildman–Crippen MR) is 69.7 cm³/mol. The van der Waals surface area contributed by atoms with Gasteiger partial charge in [-0.05, 0) is 30.9 Å². The molecule has 2 rings (SSSR count). The number of halogens is 2. The third-order valence-electron chi connectivity index (χ3n) is 3.22. The van der Waals surface area contributed by atoms with Gasteiger partial charge in [0.15, 0.2) is 17.4 Å². The largest absolute Gasteiger partial charge is 0.487 e. The van der Waals surface area contributed by atoms with Crippen molar-refractivity contribution in [1.29, 1.82) is 0 Å². The Balaban J connectivity index is 2.10. The monoisotopic (exact) mass is 271 g/mol. The van der Waals surface area contributed by atoms with Crippen LogP contribution in [0, 0.1) is 17.6 Å². The second-order valence-electron chi connectivity index (χ2n) is 4.59. The molecular formula is C13H15F2NOS. The molecule has 0 aromatic heterocycles. The Morgan fingerprint density at radius 3 is 2.33 bits per heavy atom. The van der Waals surface area contributed by atoms with Crippen LogP contribution in [0.2, 0.25) is 0 Å². The standard InChI is InChI=1S/C13H15F2NOS/c14-10-5-9(13(16)18)6-11(15)12(10)17-7-8-3-1-2-4-8/h5-6,8H,1-4,7H2,(H2,16,18). The summed E-state index contributed by atoms with van der Waals surface area (Å²) < 4.78 is 32.6. The Bertz CT molecular complexity index is 435. The molecule has 98 valence electrons. The molecule has 1 fully saturated rings. The lowest BCUT2D eigenvalue weighted by atomic mass is 10.1. The first kappa shape index (κ1) is 13.2. The van der Waals surface area contributed by atoms with Crippen LogP contribution in [0.25, 0.3) is 0 Å². The molecule has 2 nitrogen and oxygen atoms in total. The van der Waals surface area contributed by atoms with Gasteiger partial charge in [-0.3, -0.25) is 0 Å². The molecule has 0 amide bonds. The van der Waals surface area contributed by atoms with Crippen LogP contribution < -0.4 is 10.5 Å². The van der Waals surface area contributed by atoms with Crippen LogP contribution in [0.5, 0.6) is 5.75 Å². The maximum absolute atomic E-state index is 13.7. The zero-order valence-corrected chi connectivity index (χ0v) is 10.7. The van der Waals surface area contributed by atoms with E-state index in [9.17, 15) is 8.78 Å². The molecule has 0 saturated heterocycles. The summed E-state index contributed by atoms with van der Waals surface area (Å²) in [5.41, 5.74) is 5.51. The molecule has 5 heteroatoms. The molecule has 0 radical (unpaired) electrons. The summed E-state index contributed by atoms with van der Waals surface area (Å²) in [6.07, 6.45) is 4.46. The number of thiocarbonyl (C=S) groups is 1. The molecule has 1 aromatic rings. The summed E-state index contributed by atoms with van der Waals surface area (Å²) in [7, 11) is 0. The lowest BCUT2D eigenvalue weighted by Crippen LogP contribution is -2.13. The minimum atomic E-state index is -0.754. The number of nitrogens with two attached hydrogens (primary N) is 1. The first-order chi connectivity index (χ1) is 8.58. The fraction of sp³-hybridized carbons (Fsp3) is 0.462. The Hall–Kier alpha value is -1.23. The molecule has 1 aromatic carbocycles. The van der Waals surface area contributed by atoms with Crippen molar-refractivity contribution in [2.45, 2.75) is 25.7 Å². The van der Waals surface area contributed by atoms with Gasteiger partial charge in [-0.25, -0.2) is 8.78 Å². The van der Waals surface area contributed by atoms with Gasteiger partial charge in [0, 0.05) is 5.56 Å². The highest BCUT2D eigenvalue weighted by atomic mass is 32.1. The average molecular weight is 271 g/mol. The van der Waals surface area contributed by atoms with Crippen molar-refractivity contribution >= 4 is 17.2 Å². The van der Waals surface area contributed by atoms with Crippen molar-refractivity contribution in [1.82, 2.24) is 0 Å². The van der Waals surface area contributed by atoms with Crippen LogP contribution >= 0.6 is 12.2 Å². The lowest BCUT2D eigenvalue weighted by Gasteiger charge is -2.13. The van der Waals surface area contributed by atoms with Crippen LogP contribution in [0.3, 0.4) is 0 Å². The number of hydrogen-bond donors (Lipinski definition) is 1. The highest BCUT2D eigenvalue weighted by molar-refractivity contribution is 7.80. The van der Waals surface area contributed by atoms with E-state index in [-0.39, 0.29) is 16.3 Å². The van der Waals surface area contributed by atoms with E-state index in [4.69, 9.17) is 10.5 Å². The molecule has 1 saturated carbocycles. The third kappa shape index (κ3) is 2.96. The van der Waals surface area contributed by atoms with Gasteiger partial charge in [0.05, 0.1) is 6.61 Å².